The molecule has 1 heterocycles. The molecule has 1 aromatic rings. The summed E-state index contributed by atoms with van der Waals surface area (Å²) in [6.45, 7) is 1.31. The number of carbonyl (C=O) groups is 1. The van der Waals surface area contributed by atoms with Crippen molar-refractivity contribution in [3.8, 4) is 0 Å². The lowest BCUT2D eigenvalue weighted by Crippen LogP contribution is -2.40. The van der Waals surface area contributed by atoms with Gasteiger partial charge in [-0.15, -0.1) is 0 Å². The lowest BCUT2D eigenvalue weighted by atomic mass is 9.98. The van der Waals surface area contributed by atoms with Gasteiger partial charge in [0, 0.05) is 22.6 Å². The first-order valence-corrected chi connectivity index (χ1v) is 7.25. The van der Waals surface area contributed by atoms with E-state index in [9.17, 15) is 9.18 Å². The first kappa shape index (κ1) is 14.5. The summed E-state index contributed by atoms with van der Waals surface area (Å²) in [5.74, 6) is -1.02. The van der Waals surface area contributed by atoms with Crippen LogP contribution in [0.1, 0.15) is 31.2 Å². The van der Waals surface area contributed by atoms with Crippen LogP contribution in [0, 0.1) is 5.82 Å². The van der Waals surface area contributed by atoms with Gasteiger partial charge in [-0.3, -0.25) is 9.69 Å². The van der Waals surface area contributed by atoms with E-state index in [1.807, 2.05) is 0 Å². The topological polar surface area (TPSA) is 40.5 Å². The van der Waals surface area contributed by atoms with Gasteiger partial charge in [0.15, 0.2) is 0 Å². The summed E-state index contributed by atoms with van der Waals surface area (Å²) in [4.78, 5) is 13.0. The molecular weight excluding hydrogens is 313 g/mol. The van der Waals surface area contributed by atoms with Crippen molar-refractivity contribution in [3.05, 3.63) is 34.1 Å². The van der Waals surface area contributed by atoms with Crippen molar-refractivity contribution in [1.82, 2.24) is 4.90 Å². The third kappa shape index (κ3) is 4.01. The van der Waals surface area contributed by atoms with Crippen LogP contribution < -0.4 is 0 Å². The molecule has 104 valence electrons. The van der Waals surface area contributed by atoms with E-state index in [2.05, 4.69) is 20.8 Å². The number of rotatable bonds is 4. The SMILES string of the molecule is O=C(O)CC1CCCCN1Cc1cc(Br)ccc1F. The molecule has 0 radical (unpaired) electrons. The molecule has 0 bridgehead atoms. The van der Waals surface area contributed by atoms with Crippen LogP contribution in [0.3, 0.4) is 0 Å². The summed E-state index contributed by atoms with van der Waals surface area (Å²) in [5, 5.41) is 8.94. The molecule has 1 aliphatic heterocycles. The van der Waals surface area contributed by atoms with Crippen LogP contribution in [-0.4, -0.2) is 28.6 Å². The van der Waals surface area contributed by atoms with E-state index in [4.69, 9.17) is 5.11 Å². The summed E-state index contributed by atoms with van der Waals surface area (Å²) in [7, 11) is 0. The van der Waals surface area contributed by atoms with Crippen molar-refractivity contribution in [2.75, 3.05) is 6.54 Å². The number of halogens is 2. The van der Waals surface area contributed by atoms with Gasteiger partial charge in [0.25, 0.3) is 0 Å². The summed E-state index contributed by atoms with van der Waals surface area (Å²) in [6, 6.07) is 4.89. The van der Waals surface area contributed by atoms with Crippen molar-refractivity contribution in [2.24, 2.45) is 0 Å². The second-order valence-corrected chi connectivity index (χ2v) is 5.87. The number of nitrogens with zero attached hydrogens (tertiary/aromatic N) is 1. The number of benzene rings is 1. The molecule has 0 aromatic heterocycles. The summed E-state index contributed by atoms with van der Waals surface area (Å²) < 4.78 is 14.6. The van der Waals surface area contributed by atoms with Gasteiger partial charge in [-0.25, -0.2) is 4.39 Å². The van der Waals surface area contributed by atoms with Gasteiger partial charge in [0.2, 0.25) is 0 Å². The van der Waals surface area contributed by atoms with Crippen molar-refractivity contribution >= 4 is 21.9 Å². The fourth-order valence-electron chi connectivity index (χ4n) is 2.58. The van der Waals surface area contributed by atoms with Crippen LogP contribution in [0.15, 0.2) is 22.7 Å². The zero-order valence-electron chi connectivity index (χ0n) is 10.6. The Morgan fingerprint density at radius 2 is 2.26 bits per heavy atom. The Hall–Kier alpha value is -0.940. The Balaban J connectivity index is 2.10. The molecule has 1 unspecified atom stereocenters. The molecule has 19 heavy (non-hydrogen) atoms. The number of carboxylic acid groups (broad SMARTS) is 1. The van der Waals surface area contributed by atoms with E-state index in [1.54, 1.807) is 12.1 Å². The zero-order valence-corrected chi connectivity index (χ0v) is 12.2. The highest BCUT2D eigenvalue weighted by atomic mass is 79.9. The maximum absolute atomic E-state index is 13.8. The highest BCUT2D eigenvalue weighted by Gasteiger charge is 2.25. The molecule has 1 N–H and O–H groups in total. The number of carboxylic acids is 1. The Bertz CT molecular complexity index is 467. The van der Waals surface area contributed by atoms with E-state index in [-0.39, 0.29) is 18.3 Å². The summed E-state index contributed by atoms with van der Waals surface area (Å²) in [5.41, 5.74) is 0.617. The fourth-order valence-corrected chi connectivity index (χ4v) is 2.99. The molecule has 2 rings (SSSR count). The number of aliphatic carboxylic acids is 1. The maximum atomic E-state index is 13.8. The van der Waals surface area contributed by atoms with E-state index in [1.165, 1.54) is 6.07 Å². The van der Waals surface area contributed by atoms with E-state index in [0.29, 0.717) is 12.1 Å². The van der Waals surface area contributed by atoms with Crippen LogP contribution in [0.2, 0.25) is 0 Å². The highest BCUT2D eigenvalue weighted by Crippen LogP contribution is 2.24. The number of hydrogen-bond donors (Lipinski definition) is 1. The molecule has 5 heteroatoms. The van der Waals surface area contributed by atoms with Crippen LogP contribution in [0.25, 0.3) is 0 Å². The van der Waals surface area contributed by atoms with Crippen LogP contribution >= 0.6 is 15.9 Å². The molecule has 1 saturated heterocycles. The normalized spacial score (nSPS) is 20.4. The smallest absolute Gasteiger partial charge is 0.304 e. The van der Waals surface area contributed by atoms with Crippen molar-refractivity contribution in [3.63, 3.8) is 0 Å². The van der Waals surface area contributed by atoms with Crippen LogP contribution in [-0.2, 0) is 11.3 Å². The van der Waals surface area contributed by atoms with Gasteiger partial charge in [0.1, 0.15) is 5.82 Å². The first-order chi connectivity index (χ1) is 9.06. The molecule has 1 atom stereocenters. The Kier molecular flexibility index (Phi) is 4.93. The van der Waals surface area contributed by atoms with Crippen LogP contribution in [0.4, 0.5) is 4.39 Å². The molecule has 0 amide bonds. The monoisotopic (exact) mass is 329 g/mol. The minimum atomic E-state index is -0.786. The average molecular weight is 330 g/mol. The molecule has 1 aromatic carbocycles. The second-order valence-electron chi connectivity index (χ2n) is 4.95. The molecule has 0 aliphatic carbocycles. The minimum Gasteiger partial charge on any atom is -0.481 e. The van der Waals surface area contributed by atoms with Gasteiger partial charge in [-0.2, -0.15) is 0 Å². The van der Waals surface area contributed by atoms with E-state index < -0.39 is 5.97 Å². The number of piperidine rings is 1. The van der Waals surface area contributed by atoms with Gasteiger partial charge in [0.05, 0.1) is 6.42 Å². The lowest BCUT2D eigenvalue weighted by Gasteiger charge is -2.35. The minimum absolute atomic E-state index is 0.0182. The third-order valence-corrected chi connectivity index (χ3v) is 4.03. The molecule has 1 aliphatic rings. The molecule has 1 fully saturated rings. The van der Waals surface area contributed by atoms with Gasteiger partial charge in [-0.1, -0.05) is 22.4 Å². The predicted octanol–water partition coefficient (Wildman–Crippen LogP) is 3.42. The van der Waals surface area contributed by atoms with Crippen molar-refractivity contribution in [1.29, 1.82) is 0 Å². The van der Waals surface area contributed by atoms with Crippen LogP contribution in [0.5, 0.6) is 0 Å². The van der Waals surface area contributed by atoms with Gasteiger partial charge >= 0.3 is 5.97 Å². The van der Waals surface area contributed by atoms with Gasteiger partial charge < -0.3 is 5.11 Å². The average Bonchev–Trinajstić information content (AvgIpc) is 2.35. The zero-order chi connectivity index (χ0) is 13.8. The second kappa shape index (κ2) is 6.48. The highest BCUT2D eigenvalue weighted by molar-refractivity contribution is 9.10. The largest absolute Gasteiger partial charge is 0.481 e. The van der Waals surface area contributed by atoms with E-state index >= 15 is 0 Å². The Morgan fingerprint density at radius 1 is 1.47 bits per heavy atom. The van der Waals surface area contributed by atoms with Gasteiger partial charge in [-0.05, 0) is 37.6 Å². The standard InChI is InChI=1S/C14H17BrFNO2/c15-11-4-5-13(16)10(7-11)9-17-6-2-1-3-12(17)8-14(18)19/h4-5,7,12H,1-3,6,8-9H2,(H,18,19). The van der Waals surface area contributed by atoms with Crippen molar-refractivity contribution < 1.29 is 14.3 Å². The third-order valence-electron chi connectivity index (χ3n) is 3.54. The molecule has 0 spiro atoms. The number of likely N-dealkylation sites (tertiary alicyclic amines) is 1. The predicted molar refractivity (Wildman–Crippen MR) is 74.4 cm³/mol. The van der Waals surface area contributed by atoms with Crippen molar-refractivity contribution in [2.45, 2.75) is 38.3 Å². The summed E-state index contributed by atoms with van der Waals surface area (Å²) >= 11 is 3.34. The first-order valence-electron chi connectivity index (χ1n) is 6.46. The Labute approximate surface area is 120 Å². The summed E-state index contributed by atoms with van der Waals surface area (Å²) in [6.07, 6.45) is 3.11. The Morgan fingerprint density at radius 3 is 3.00 bits per heavy atom. The fraction of sp³-hybridized carbons (Fsp3) is 0.500. The quantitative estimate of drug-likeness (QED) is 0.920. The lowest BCUT2D eigenvalue weighted by molar-refractivity contribution is -0.138. The van der Waals surface area contributed by atoms with E-state index in [0.717, 1.165) is 30.3 Å². The molecule has 3 nitrogen and oxygen atoms in total. The maximum Gasteiger partial charge on any atom is 0.304 e. The number of hydrogen-bond acceptors (Lipinski definition) is 2. The molecular formula is C14H17BrFNO2. The molecule has 0 saturated carbocycles.